The van der Waals surface area contributed by atoms with E-state index in [1.165, 1.54) is 0 Å². The van der Waals surface area contributed by atoms with Gasteiger partial charge in [0.2, 0.25) is 0 Å². The fraction of sp³-hybridized carbons (Fsp3) is 0.500. The summed E-state index contributed by atoms with van der Waals surface area (Å²) in [6.45, 7) is 0. The molecule has 0 rings (SSSR count). The van der Waals surface area contributed by atoms with E-state index in [-0.39, 0.29) is 0 Å². The maximum atomic E-state index is 9.60. The van der Waals surface area contributed by atoms with Crippen LogP contribution in [0, 0.1) is 0 Å². The standard InChI is InChI=1S/C2H3BrO2/c3-1-2(4)5/h1H2,(H,4,5)/i1D2. The first-order valence-electron chi connectivity index (χ1n) is 1.87. The van der Waals surface area contributed by atoms with Crippen molar-refractivity contribution in [3.05, 3.63) is 0 Å². The highest BCUT2D eigenvalue weighted by molar-refractivity contribution is 9.09. The summed E-state index contributed by atoms with van der Waals surface area (Å²) in [7, 11) is 0. The van der Waals surface area contributed by atoms with Crippen LogP contribution in [0.2, 0.25) is 0 Å². The fourth-order valence-electron chi connectivity index (χ4n) is 0. The van der Waals surface area contributed by atoms with Gasteiger partial charge >= 0.3 is 5.97 Å². The molecule has 0 aromatic carbocycles. The molecule has 0 aromatic heterocycles. The second kappa shape index (κ2) is 2.20. The number of hydrogen-bond donors (Lipinski definition) is 1. The third-order valence-electron chi connectivity index (χ3n) is 0.0808. The smallest absolute Gasteiger partial charge is 0.314 e. The van der Waals surface area contributed by atoms with E-state index in [9.17, 15) is 4.79 Å². The number of hydrogen-bond acceptors (Lipinski definition) is 1. The van der Waals surface area contributed by atoms with Gasteiger partial charge in [0.05, 0.1) is 2.74 Å². The molecule has 0 amide bonds. The molecule has 0 aliphatic carbocycles. The van der Waals surface area contributed by atoms with Gasteiger partial charge in [0.25, 0.3) is 0 Å². The van der Waals surface area contributed by atoms with Crippen LogP contribution < -0.4 is 0 Å². The quantitative estimate of drug-likeness (QED) is 0.538. The molecule has 30 valence electrons. The molecule has 0 aliphatic rings. The summed E-state index contributed by atoms with van der Waals surface area (Å²) in [5.74, 6) is -1.51. The number of rotatable bonds is 1. The van der Waals surface area contributed by atoms with Crippen LogP contribution in [0.3, 0.4) is 0 Å². The third kappa shape index (κ3) is 3.95. The van der Waals surface area contributed by atoms with Gasteiger partial charge in [-0.25, -0.2) is 0 Å². The van der Waals surface area contributed by atoms with Crippen molar-refractivity contribution < 1.29 is 12.6 Å². The summed E-state index contributed by atoms with van der Waals surface area (Å²) in [4.78, 5) is 9.60. The minimum atomic E-state index is -2.27. The number of aliphatic carboxylic acids is 1. The Labute approximate surface area is 40.7 Å². The minimum absolute atomic E-state index is 1.51. The molecule has 5 heavy (non-hydrogen) atoms. The average Bonchev–Trinajstić information content (AvgIpc) is 1.31. The zero-order valence-electron chi connectivity index (χ0n) is 4.23. The van der Waals surface area contributed by atoms with Crippen molar-refractivity contribution in [1.29, 1.82) is 0 Å². The Morgan fingerprint density at radius 1 is 2.40 bits per heavy atom. The van der Waals surface area contributed by atoms with Crippen LogP contribution in [0.5, 0.6) is 0 Å². The Kier molecular flexibility index (Phi) is 0.961. The molecule has 0 spiro atoms. The molecule has 0 saturated carbocycles. The number of halogens is 1. The van der Waals surface area contributed by atoms with E-state index in [0.29, 0.717) is 0 Å². The molecule has 3 heteroatoms. The van der Waals surface area contributed by atoms with E-state index in [2.05, 4.69) is 15.9 Å². The van der Waals surface area contributed by atoms with Gasteiger partial charge in [-0.05, 0) is 0 Å². The number of carboxylic acid groups (broad SMARTS) is 1. The molecular weight excluding hydrogens is 136 g/mol. The Balaban J connectivity index is 3.79. The van der Waals surface area contributed by atoms with Crippen LogP contribution in [0.15, 0.2) is 0 Å². The fourth-order valence-corrected chi connectivity index (χ4v) is 0. The summed E-state index contributed by atoms with van der Waals surface area (Å²) < 4.78 is 12.7. The lowest BCUT2D eigenvalue weighted by Gasteiger charge is -1.70. The number of alkyl halides is 1. The van der Waals surface area contributed by atoms with E-state index in [4.69, 9.17) is 7.85 Å². The second-order valence-corrected chi connectivity index (χ2v) is 0.796. The first-order chi connectivity index (χ1) is 2.94. The predicted octanol–water partition coefficient (Wildman–Crippen LogP) is 0.466. The lowest BCUT2D eigenvalue weighted by molar-refractivity contribution is -0.133. The van der Waals surface area contributed by atoms with Gasteiger partial charge in [-0.1, -0.05) is 15.9 Å². The minimum Gasteiger partial charge on any atom is -0.481 e. The summed E-state index contributed by atoms with van der Waals surface area (Å²) in [6, 6.07) is 0. The molecule has 0 radical (unpaired) electrons. The van der Waals surface area contributed by atoms with Crippen LogP contribution in [0.4, 0.5) is 0 Å². The molecule has 1 N–H and O–H groups in total. The van der Waals surface area contributed by atoms with E-state index >= 15 is 0 Å². The van der Waals surface area contributed by atoms with Crippen molar-refractivity contribution in [1.82, 2.24) is 0 Å². The predicted molar refractivity (Wildman–Crippen MR) is 21.4 cm³/mol. The second-order valence-electron chi connectivity index (χ2n) is 0.400. The highest BCUT2D eigenvalue weighted by Gasteiger charge is 1.83. The summed E-state index contributed by atoms with van der Waals surface area (Å²) in [5, 5.41) is 5.56. The van der Waals surface area contributed by atoms with Gasteiger partial charge in [0.15, 0.2) is 0 Å². The SMILES string of the molecule is [2H]C([2H])(Br)C(=O)O. The van der Waals surface area contributed by atoms with Crippen molar-refractivity contribution in [3.8, 4) is 0 Å². The van der Waals surface area contributed by atoms with Crippen molar-refractivity contribution >= 4 is 21.9 Å². The van der Waals surface area contributed by atoms with Gasteiger partial charge in [-0.3, -0.25) is 4.79 Å². The molecule has 0 bridgehead atoms. The molecule has 0 saturated heterocycles. The van der Waals surface area contributed by atoms with Crippen molar-refractivity contribution in [3.63, 3.8) is 0 Å². The van der Waals surface area contributed by atoms with Gasteiger partial charge < -0.3 is 5.11 Å². The first kappa shape index (κ1) is 2.18. The molecule has 0 fully saturated rings. The molecule has 0 atom stereocenters. The Morgan fingerprint density at radius 2 is 2.60 bits per heavy atom. The van der Waals surface area contributed by atoms with Gasteiger partial charge in [-0.2, -0.15) is 0 Å². The largest absolute Gasteiger partial charge is 0.481 e. The number of carboxylic acids is 1. The lowest BCUT2D eigenvalue weighted by atomic mass is 10.8. The van der Waals surface area contributed by atoms with Crippen LogP contribution in [-0.4, -0.2) is 16.4 Å². The van der Waals surface area contributed by atoms with E-state index in [0.717, 1.165) is 0 Å². The van der Waals surface area contributed by atoms with Crippen molar-refractivity contribution in [2.24, 2.45) is 0 Å². The lowest BCUT2D eigenvalue weighted by Crippen LogP contribution is -1.92. The zero-order chi connectivity index (χ0) is 6.08. The summed E-state index contributed by atoms with van der Waals surface area (Å²) in [5.41, 5.74) is 0. The van der Waals surface area contributed by atoms with Crippen molar-refractivity contribution in [2.45, 2.75) is 0 Å². The van der Waals surface area contributed by atoms with E-state index in [1.54, 1.807) is 0 Å². The van der Waals surface area contributed by atoms with Crippen LogP contribution in [0.1, 0.15) is 2.74 Å². The van der Waals surface area contributed by atoms with Crippen LogP contribution >= 0.6 is 15.9 Å². The summed E-state index contributed by atoms with van der Waals surface area (Å²) in [6.07, 6.45) is 0. The molecule has 0 unspecified atom stereocenters. The summed E-state index contributed by atoms with van der Waals surface area (Å²) >= 11 is 2.28. The average molecular weight is 141 g/mol. The highest BCUT2D eigenvalue weighted by atomic mass is 79.9. The molecule has 0 aromatic rings. The highest BCUT2D eigenvalue weighted by Crippen LogP contribution is 1.73. The monoisotopic (exact) mass is 140 g/mol. The third-order valence-corrected chi connectivity index (χ3v) is 0.420. The maximum absolute atomic E-state index is 9.60. The Morgan fingerprint density at radius 3 is 2.60 bits per heavy atom. The van der Waals surface area contributed by atoms with Crippen molar-refractivity contribution in [2.75, 3.05) is 5.28 Å². The molecule has 2 nitrogen and oxygen atoms in total. The zero-order valence-corrected chi connectivity index (χ0v) is 3.82. The first-order valence-corrected chi connectivity index (χ1v) is 1.66. The van der Waals surface area contributed by atoms with Crippen LogP contribution in [-0.2, 0) is 4.79 Å². The topological polar surface area (TPSA) is 37.3 Å². The Hall–Kier alpha value is -0.0500. The molecular formula is C2H3BrO2. The van der Waals surface area contributed by atoms with Gasteiger partial charge in [-0.15, -0.1) is 0 Å². The van der Waals surface area contributed by atoms with E-state index in [1.807, 2.05) is 0 Å². The molecule has 0 heterocycles. The van der Waals surface area contributed by atoms with Gasteiger partial charge in [0.1, 0.15) is 5.28 Å². The van der Waals surface area contributed by atoms with Crippen LogP contribution in [0.25, 0.3) is 0 Å². The maximum Gasteiger partial charge on any atom is 0.314 e. The Bertz CT molecular complexity index is 86.2. The normalized spacial score (nSPS) is 16.2. The van der Waals surface area contributed by atoms with Gasteiger partial charge in [0, 0.05) is 0 Å². The molecule has 0 aliphatic heterocycles. The number of carbonyl (C=O) groups is 1. The van der Waals surface area contributed by atoms with E-state index < -0.39 is 11.3 Å².